The molecular weight excluding hydrogens is 369 g/mol. The zero-order chi connectivity index (χ0) is 18.3. The number of benzene rings is 2. The van der Waals surface area contributed by atoms with Crippen molar-refractivity contribution >= 4 is 27.8 Å². The monoisotopic (exact) mass is 385 g/mol. The van der Waals surface area contributed by atoms with Gasteiger partial charge in [-0.05, 0) is 30.3 Å². The maximum atomic E-state index is 13.8. The lowest BCUT2D eigenvalue weighted by atomic mass is 10.3. The van der Waals surface area contributed by atoms with Crippen LogP contribution in [0.25, 0.3) is 0 Å². The third kappa shape index (κ3) is 6.04. The van der Waals surface area contributed by atoms with E-state index in [1.54, 1.807) is 24.3 Å². The molecule has 0 bridgehead atoms. The van der Waals surface area contributed by atoms with Crippen molar-refractivity contribution < 1.29 is 27.4 Å². The summed E-state index contributed by atoms with van der Waals surface area (Å²) in [4.78, 5) is 11.2. The molecule has 9 heteroatoms. The van der Waals surface area contributed by atoms with Gasteiger partial charge in [0.15, 0.2) is 18.2 Å². The van der Waals surface area contributed by atoms with Gasteiger partial charge in [-0.1, -0.05) is 18.2 Å². The number of carboxylic acids is 1. The van der Waals surface area contributed by atoms with E-state index in [0.717, 1.165) is 0 Å². The third-order valence-corrected chi connectivity index (χ3v) is 5.44. The van der Waals surface area contributed by atoms with Crippen LogP contribution in [-0.4, -0.2) is 38.4 Å². The summed E-state index contributed by atoms with van der Waals surface area (Å²) in [7, 11) is -3.56. The molecule has 134 valence electrons. The third-order valence-electron chi connectivity index (χ3n) is 2.97. The highest BCUT2D eigenvalue weighted by atomic mass is 32.2. The predicted molar refractivity (Wildman–Crippen MR) is 91.9 cm³/mol. The van der Waals surface area contributed by atoms with Crippen molar-refractivity contribution in [1.29, 1.82) is 0 Å². The fourth-order valence-electron chi connectivity index (χ4n) is 1.86. The Morgan fingerprint density at radius 3 is 2.56 bits per heavy atom. The van der Waals surface area contributed by atoms with Crippen LogP contribution in [0.3, 0.4) is 0 Å². The van der Waals surface area contributed by atoms with Crippen LogP contribution < -0.4 is 9.46 Å². The first-order valence-electron chi connectivity index (χ1n) is 7.20. The molecule has 0 aliphatic heterocycles. The van der Waals surface area contributed by atoms with Gasteiger partial charge in [-0.2, -0.15) is 0 Å². The van der Waals surface area contributed by atoms with E-state index in [4.69, 9.17) is 9.84 Å². The molecule has 25 heavy (non-hydrogen) atoms. The highest BCUT2D eigenvalue weighted by Gasteiger charge is 2.12. The number of carbonyl (C=O) groups is 1. The van der Waals surface area contributed by atoms with E-state index in [9.17, 15) is 17.6 Å². The van der Waals surface area contributed by atoms with Crippen molar-refractivity contribution in [2.24, 2.45) is 0 Å². The van der Waals surface area contributed by atoms with Crippen molar-refractivity contribution in [1.82, 2.24) is 4.72 Å². The van der Waals surface area contributed by atoms with E-state index < -0.39 is 28.4 Å². The van der Waals surface area contributed by atoms with Gasteiger partial charge < -0.3 is 9.84 Å². The highest BCUT2D eigenvalue weighted by Crippen LogP contribution is 2.24. The fraction of sp³-hybridized carbons (Fsp3) is 0.188. The first-order valence-corrected chi connectivity index (χ1v) is 9.67. The molecule has 0 heterocycles. The summed E-state index contributed by atoms with van der Waals surface area (Å²) in [6, 6.07) is 12.1. The molecule has 0 atom stereocenters. The van der Waals surface area contributed by atoms with Gasteiger partial charge in [0.05, 0.1) is 4.90 Å². The lowest BCUT2D eigenvalue weighted by Crippen LogP contribution is -2.25. The molecule has 0 aromatic heterocycles. The number of ether oxygens (including phenoxy) is 1. The van der Waals surface area contributed by atoms with Crippen LogP contribution in [0.5, 0.6) is 5.75 Å². The van der Waals surface area contributed by atoms with Crippen molar-refractivity contribution in [3.63, 3.8) is 0 Å². The number of halogens is 1. The van der Waals surface area contributed by atoms with Crippen LogP contribution >= 0.6 is 11.8 Å². The Balaban J connectivity index is 1.84. The van der Waals surface area contributed by atoms with E-state index in [0.29, 0.717) is 10.6 Å². The van der Waals surface area contributed by atoms with Crippen LogP contribution in [0, 0.1) is 5.82 Å². The second-order valence-corrected chi connectivity index (χ2v) is 7.77. The maximum absolute atomic E-state index is 13.8. The summed E-state index contributed by atoms with van der Waals surface area (Å²) < 4.78 is 45.1. The molecule has 2 N–H and O–H groups in total. The predicted octanol–water partition coefficient (Wildman–Crippen LogP) is 2.36. The van der Waals surface area contributed by atoms with E-state index in [1.807, 2.05) is 0 Å². The van der Waals surface area contributed by atoms with E-state index in [2.05, 4.69) is 4.72 Å². The number of rotatable bonds is 9. The minimum absolute atomic E-state index is 0.142. The lowest BCUT2D eigenvalue weighted by molar-refractivity contribution is -0.139. The van der Waals surface area contributed by atoms with Crippen LogP contribution in [0.2, 0.25) is 0 Å². The lowest BCUT2D eigenvalue weighted by Gasteiger charge is -2.08. The number of hydrogen-bond acceptors (Lipinski definition) is 5. The fourth-order valence-corrected chi connectivity index (χ4v) is 3.83. The molecule has 0 saturated carbocycles. The molecule has 0 spiro atoms. The minimum atomic E-state index is -3.56. The topological polar surface area (TPSA) is 92.7 Å². The Kier molecular flexibility index (Phi) is 6.80. The Morgan fingerprint density at radius 2 is 1.92 bits per heavy atom. The largest absolute Gasteiger partial charge is 0.479 e. The van der Waals surface area contributed by atoms with Crippen molar-refractivity contribution in [3.05, 3.63) is 54.3 Å². The first kappa shape index (κ1) is 19.2. The zero-order valence-corrected chi connectivity index (χ0v) is 14.6. The average Bonchev–Trinajstić information content (AvgIpc) is 2.58. The maximum Gasteiger partial charge on any atom is 0.341 e. The van der Waals surface area contributed by atoms with E-state index in [1.165, 1.54) is 36.0 Å². The van der Waals surface area contributed by atoms with Crippen molar-refractivity contribution in [2.75, 3.05) is 18.9 Å². The normalized spacial score (nSPS) is 11.2. The summed E-state index contributed by atoms with van der Waals surface area (Å²) in [5, 5.41) is 8.50. The summed E-state index contributed by atoms with van der Waals surface area (Å²) in [5.74, 6) is -1.60. The molecule has 0 unspecified atom stereocenters. The van der Waals surface area contributed by atoms with Gasteiger partial charge in [0, 0.05) is 17.2 Å². The number of nitrogens with one attached hydrogen (secondary N) is 1. The summed E-state index contributed by atoms with van der Waals surface area (Å²) in [5.41, 5.74) is 0. The molecule has 2 aromatic rings. The molecule has 2 rings (SSSR count). The van der Waals surface area contributed by atoms with Gasteiger partial charge >= 0.3 is 5.97 Å². The van der Waals surface area contributed by atoms with E-state index in [-0.39, 0.29) is 17.2 Å². The van der Waals surface area contributed by atoms with Gasteiger partial charge in [-0.25, -0.2) is 22.3 Å². The van der Waals surface area contributed by atoms with Crippen LogP contribution in [-0.2, 0) is 14.8 Å². The average molecular weight is 385 g/mol. The molecule has 0 saturated heterocycles. The molecule has 0 fully saturated rings. The van der Waals surface area contributed by atoms with Crippen molar-refractivity contribution in [2.45, 2.75) is 9.79 Å². The zero-order valence-electron chi connectivity index (χ0n) is 13.0. The van der Waals surface area contributed by atoms with Crippen LogP contribution in [0.4, 0.5) is 4.39 Å². The molecule has 0 aliphatic rings. The number of carboxylic acid groups (broad SMARTS) is 1. The van der Waals surface area contributed by atoms with Crippen LogP contribution in [0.15, 0.2) is 58.3 Å². The molecular formula is C16H16FNO5S2. The molecule has 0 radical (unpaired) electrons. The molecule has 0 aliphatic carbocycles. The summed E-state index contributed by atoms with van der Waals surface area (Å²) >= 11 is 1.26. The van der Waals surface area contributed by atoms with E-state index >= 15 is 0 Å². The summed E-state index contributed by atoms with van der Waals surface area (Å²) in [6.45, 7) is -0.439. The smallest absolute Gasteiger partial charge is 0.341 e. The Bertz CT molecular complexity index is 828. The Hall–Kier alpha value is -2.10. The Labute approximate surface area is 149 Å². The quantitative estimate of drug-likeness (QED) is 0.509. The SMILES string of the molecule is O=C(O)COc1ccc(SCCNS(=O)(=O)c2ccccc2)cc1F. The molecule has 0 amide bonds. The highest BCUT2D eigenvalue weighted by molar-refractivity contribution is 7.99. The minimum Gasteiger partial charge on any atom is -0.479 e. The Morgan fingerprint density at radius 1 is 1.20 bits per heavy atom. The van der Waals surface area contributed by atoms with Crippen LogP contribution in [0.1, 0.15) is 0 Å². The molecule has 6 nitrogen and oxygen atoms in total. The molecule has 2 aromatic carbocycles. The van der Waals surface area contributed by atoms with Gasteiger partial charge in [0.25, 0.3) is 0 Å². The summed E-state index contributed by atoms with van der Waals surface area (Å²) in [6.07, 6.45) is 0. The van der Waals surface area contributed by atoms with Gasteiger partial charge in [0.1, 0.15) is 0 Å². The van der Waals surface area contributed by atoms with Gasteiger partial charge in [0.2, 0.25) is 10.0 Å². The number of hydrogen-bond donors (Lipinski definition) is 2. The van der Waals surface area contributed by atoms with Gasteiger partial charge in [-0.15, -0.1) is 11.8 Å². The van der Waals surface area contributed by atoms with Gasteiger partial charge in [-0.3, -0.25) is 0 Å². The second kappa shape index (κ2) is 8.84. The van der Waals surface area contributed by atoms with Crippen molar-refractivity contribution in [3.8, 4) is 5.75 Å². The number of aliphatic carboxylic acids is 1. The second-order valence-electron chi connectivity index (χ2n) is 4.83. The number of sulfonamides is 1. The number of thioether (sulfide) groups is 1. The standard InChI is InChI=1S/C16H16FNO5S2/c17-14-10-12(6-7-15(14)23-11-16(19)20)24-9-8-18-25(21,22)13-4-2-1-3-5-13/h1-7,10,18H,8-9,11H2,(H,19,20). The first-order chi connectivity index (χ1) is 11.9.